The molecule has 0 N–H and O–H groups in total. The molecular formula is C61H41N. The standard InChI is InChI=1S/C61H41N/c1-3-16-41(17-4-1)57-33-34-58(42-18-5-2-6-19-42)62(57)48-30-32-53-54(37-48)60(52-25-12-11-24-51(52)59(53)44-28-27-40-15-7-8-20-43(40)35-44)45-29-31-50-49-23-13-14-26-55(49)61(56(50)36-45)38-46-21-9-10-22-47(46)39-61/h1-37H,38-39H2. The molecule has 62 heavy (non-hydrogen) atoms. The van der Waals surface area contributed by atoms with Gasteiger partial charge in [-0.1, -0.05) is 188 Å². The van der Waals surface area contributed by atoms with E-state index in [2.05, 4.69) is 229 Å². The lowest BCUT2D eigenvalue weighted by atomic mass is 9.75. The molecule has 1 nitrogen and oxygen atoms in total. The summed E-state index contributed by atoms with van der Waals surface area (Å²) in [7, 11) is 0. The highest BCUT2D eigenvalue weighted by molar-refractivity contribution is 6.22. The van der Waals surface area contributed by atoms with Crippen molar-refractivity contribution >= 4 is 32.3 Å². The zero-order valence-corrected chi connectivity index (χ0v) is 34.2. The van der Waals surface area contributed by atoms with E-state index in [-0.39, 0.29) is 5.41 Å². The van der Waals surface area contributed by atoms with E-state index in [4.69, 9.17) is 0 Å². The van der Waals surface area contributed by atoms with Crippen LogP contribution in [-0.2, 0) is 18.3 Å². The summed E-state index contributed by atoms with van der Waals surface area (Å²) in [6.45, 7) is 0. The van der Waals surface area contributed by atoms with E-state index < -0.39 is 0 Å². The minimum absolute atomic E-state index is 0.103. The van der Waals surface area contributed by atoms with Crippen LogP contribution in [0.25, 0.3) is 93.9 Å². The van der Waals surface area contributed by atoms with Crippen molar-refractivity contribution in [1.82, 2.24) is 4.57 Å². The maximum atomic E-state index is 2.57. The smallest absolute Gasteiger partial charge is 0.0535 e. The van der Waals surface area contributed by atoms with Crippen molar-refractivity contribution in [2.24, 2.45) is 0 Å². The molecule has 1 heteroatoms. The normalized spacial score (nSPS) is 13.5. The molecule has 0 radical (unpaired) electrons. The van der Waals surface area contributed by atoms with Gasteiger partial charge in [-0.3, -0.25) is 0 Å². The van der Waals surface area contributed by atoms with Crippen molar-refractivity contribution in [1.29, 1.82) is 0 Å². The minimum Gasteiger partial charge on any atom is -0.309 e. The molecule has 0 fully saturated rings. The van der Waals surface area contributed by atoms with Gasteiger partial charge >= 0.3 is 0 Å². The fourth-order valence-electron chi connectivity index (χ4n) is 11.3. The van der Waals surface area contributed by atoms with E-state index in [1.165, 1.54) is 110 Å². The second-order valence-electron chi connectivity index (χ2n) is 17.3. The van der Waals surface area contributed by atoms with Crippen molar-refractivity contribution in [2.75, 3.05) is 0 Å². The number of rotatable bonds is 5. The Labute approximate surface area is 361 Å². The molecule has 0 atom stereocenters. The summed E-state index contributed by atoms with van der Waals surface area (Å²) in [6, 6.07) is 83.9. The number of hydrogen-bond donors (Lipinski definition) is 0. The average molecular weight is 788 g/mol. The third-order valence-electron chi connectivity index (χ3n) is 14.0. The Hall–Kier alpha value is -7.74. The second kappa shape index (κ2) is 13.6. The Balaban J connectivity index is 1.12. The van der Waals surface area contributed by atoms with Gasteiger partial charge in [0, 0.05) is 11.1 Å². The number of nitrogens with zero attached hydrogens (tertiary/aromatic N) is 1. The van der Waals surface area contributed by atoms with Crippen molar-refractivity contribution in [3.8, 4) is 61.6 Å². The fourth-order valence-corrected chi connectivity index (χ4v) is 11.3. The Morgan fingerprint density at radius 1 is 0.323 bits per heavy atom. The first kappa shape index (κ1) is 35.1. The number of benzene rings is 10. The number of fused-ring (bicyclic) bond motifs is 9. The lowest BCUT2D eigenvalue weighted by Gasteiger charge is -2.27. The van der Waals surface area contributed by atoms with Crippen LogP contribution in [0.2, 0.25) is 0 Å². The molecule has 2 aliphatic rings. The van der Waals surface area contributed by atoms with E-state index in [1.807, 2.05) is 0 Å². The van der Waals surface area contributed by atoms with Gasteiger partial charge in [-0.05, 0) is 148 Å². The van der Waals surface area contributed by atoms with Crippen LogP contribution in [0.3, 0.4) is 0 Å². The Bertz CT molecular complexity index is 3490. The molecule has 13 rings (SSSR count). The van der Waals surface area contributed by atoms with E-state index >= 15 is 0 Å². The molecule has 1 heterocycles. The third kappa shape index (κ3) is 5.22. The highest BCUT2D eigenvalue weighted by Gasteiger charge is 2.47. The van der Waals surface area contributed by atoms with Gasteiger partial charge in [0.25, 0.3) is 0 Å². The van der Waals surface area contributed by atoms with E-state index in [0.29, 0.717) is 0 Å². The summed E-state index contributed by atoms with van der Waals surface area (Å²) in [4.78, 5) is 0. The van der Waals surface area contributed by atoms with Crippen LogP contribution in [0.4, 0.5) is 0 Å². The van der Waals surface area contributed by atoms with Gasteiger partial charge in [0.15, 0.2) is 0 Å². The summed E-state index contributed by atoms with van der Waals surface area (Å²) in [5, 5.41) is 7.52. The van der Waals surface area contributed by atoms with Gasteiger partial charge in [0.1, 0.15) is 0 Å². The van der Waals surface area contributed by atoms with Crippen LogP contribution in [0.5, 0.6) is 0 Å². The van der Waals surface area contributed by atoms with Gasteiger partial charge in [-0.25, -0.2) is 0 Å². The number of aromatic nitrogens is 1. The predicted molar refractivity (Wildman–Crippen MR) is 260 cm³/mol. The molecule has 290 valence electrons. The molecule has 0 aliphatic heterocycles. The van der Waals surface area contributed by atoms with Crippen LogP contribution in [0, 0.1) is 0 Å². The maximum absolute atomic E-state index is 2.57. The zero-order chi connectivity index (χ0) is 40.8. The second-order valence-corrected chi connectivity index (χ2v) is 17.3. The largest absolute Gasteiger partial charge is 0.309 e. The first-order valence-electron chi connectivity index (χ1n) is 21.8. The van der Waals surface area contributed by atoms with Gasteiger partial charge < -0.3 is 4.57 Å². The third-order valence-corrected chi connectivity index (χ3v) is 14.0. The molecular weight excluding hydrogens is 747 g/mol. The van der Waals surface area contributed by atoms with Crippen molar-refractivity contribution < 1.29 is 0 Å². The van der Waals surface area contributed by atoms with Gasteiger partial charge in [0.05, 0.1) is 11.4 Å². The molecule has 0 amide bonds. The van der Waals surface area contributed by atoms with Gasteiger partial charge in [-0.2, -0.15) is 0 Å². The molecule has 1 spiro atoms. The predicted octanol–water partition coefficient (Wildman–Crippen LogP) is 15.7. The van der Waals surface area contributed by atoms with Crippen molar-refractivity contribution in [3.05, 3.63) is 247 Å². The van der Waals surface area contributed by atoms with E-state index in [1.54, 1.807) is 0 Å². The lowest BCUT2D eigenvalue weighted by molar-refractivity contribution is 0.564. The maximum Gasteiger partial charge on any atom is 0.0535 e. The molecule has 10 aromatic carbocycles. The highest BCUT2D eigenvalue weighted by atomic mass is 15.0. The Morgan fingerprint density at radius 3 is 1.56 bits per heavy atom. The minimum atomic E-state index is -0.103. The quantitative estimate of drug-likeness (QED) is 0.153. The summed E-state index contributed by atoms with van der Waals surface area (Å²) >= 11 is 0. The summed E-state index contributed by atoms with van der Waals surface area (Å²) in [5.74, 6) is 0. The summed E-state index contributed by atoms with van der Waals surface area (Å²) < 4.78 is 2.46. The molecule has 0 bridgehead atoms. The van der Waals surface area contributed by atoms with Crippen molar-refractivity contribution in [3.63, 3.8) is 0 Å². The Morgan fingerprint density at radius 2 is 0.855 bits per heavy atom. The topological polar surface area (TPSA) is 4.93 Å². The molecule has 11 aromatic rings. The molecule has 0 saturated carbocycles. The monoisotopic (exact) mass is 787 g/mol. The average Bonchev–Trinajstić information content (AvgIpc) is 4.04. The lowest BCUT2D eigenvalue weighted by Crippen LogP contribution is -2.25. The van der Waals surface area contributed by atoms with Crippen LogP contribution in [-0.4, -0.2) is 4.57 Å². The molecule has 0 unspecified atom stereocenters. The van der Waals surface area contributed by atoms with Gasteiger partial charge in [-0.15, -0.1) is 0 Å². The van der Waals surface area contributed by atoms with Crippen molar-refractivity contribution in [2.45, 2.75) is 18.3 Å². The van der Waals surface area contributed by atoms with Gasteiger partial charge in [0.2, 0.25) is 0 Å². The Kier molecular flexibility index (Phi) is 7.71. The molecule has 0 saturated heterocycles. The highest BCUT2D eigenvalue weighted by Crippen LogP contribution is 2.57. The van der Waals surface area contributed by atoms with Crippen LogP contribution < -0.4 is 0 Å². The summed E-state index contributed by atoms with van der Waals surface area (Å²) in [6.07, 6.45) is 2.03. The van der Waals surface area contributed by atoms with Crippen LogP contribution >= 0.6 is 0 Å². The SMILES string of the molecule is c1ccc(-c2ccc(-c3ccccc3)n2-c2ccc3c(-c4ccc5ccccc5c4)c4ccccc4c(-c4ccc5c(c4)C4(Cc6ccccc6C4)c4ccccc4-5)c3c2)cc1. The molecule has 1 aromatic heterocycles. The first-order valence-corrected chi connectivity index (χ1v) is 21.8. The summed E-state index contributed by atoms with van der Waals surface area (Å²) in [5.41, 5.74) is 19.4. The fraction of sp³-hybridized carbons (Fsp3) is 0.0492. The molecule has 2 aliphatic carbocycles. The first-order chi connectivity index (χ1) is 30.7. The zero-order valence-electron chi connectivity index (χ0n) is 34.2. The van der Waals surface area contributed by atoms with Crippen LogP contribution in [0.15, 0.2) is 224 Å². The number of hydrogen-bond acceptors (Lipinski definition) is 0. The van der Waals surface area contributed by atoms with Crippen LogP contribution in [0.1, 0.15) is 22.3 Å². The van der Waals surface area contributed by atoms with E-state index in [0.717, 1.165) is 18.5 Å². The van der Waals surface area contributed by atoms with E-state index in [9.17, 15) is 0 Å².